The molecule has 0 saturated carbocycles. The Balaban J connectivity index is 1.33. The van der Waals surface area contributed by atoms with E-state index in [2.05, 4.69) is 10.1 Å². The van der Waals surface area contributed by atoms with Crippen LogP contribution in [0.25, 0.3) is 17.0 Å². The molecule has 0 spiro atoms. The lowest BCUT2D eigenvalue weighted by Gasteiger charge is -2.41. The van der Waals surface area contributed by atoms with E-state index < -0.39 is 53.7 Å². The van der Waals surface area contributed by atoms with Gasteiger partial charge in [0.2, 0.25) is 0 Å². The highest BCUT2D eigenvalue weighted by Crippen LogP contribution is 2.38. The number of hydrogen-bond donors (Lipinski definition) is 1. The van der Waals surface area contributed by atoms with Crippen molar-refractivity contribution in [2.75, 3.05) is 26.2 Å². The van der Waals surface area contributed by atoms with E-state index in [1.807, 2.05) is 27.5 Å². The van der Waals surface area contributed by atoms with Crippen LogP contribution < -0.4 is 0 Å². The number of halogens is 7. The molecule has 2 aliphatic heterocycles. The Morgan fingerprint density at radius 3 is 2.45 bits per heavy atom. The van der Waals surface area contributed by atoms with Crippen LogP contribution in [0.3, 0.4) is 0 Å². The summed E-state index contributed by atoms with van der Waals surface area (Å²) in [6.07, 6.45) is -8.86. The van der Waals surface area contributed by atoms with Crippen LogP contribution in [0.4, 0.5) is 31.1 Å². The molecule has 1 atom stereocenters. The summed E-state index contributed by atoms with van der Waals surface area (Å²) in [4.78, 5) is 33.2. The van der Waals surface area contributed by atoms with Crippen LogP contribution in [0.2, 0.25) is 0 Å². The molecule has 2 amide bonds. The molecule has 1 fully saturated rings. The second-order valence-corrected chi connectivity index (χ2v) is 13.9. The highest BCUT2D eigenvalue weighted by atomic mass is 127. The third-order valence-corrected chi connectivity index (χ3v) is 9.13. The van der Waals surface area contributed by atoms with E-state index in [1.165, 1.54) is 9.58 Å². The first-order valence-corrected chi connectivity index (χ1v) is 16.0. The monoisotopic (exact) mass is 795 g/mol. The highest BCUT2D eigenvalue weighted by molar-refractivity contribution is 14.1. The molecule has 47 heavy (non-hydrogen) atoms. The van der Waals surface area contributed by atoms with Gasteiger partial charge in [-0.05, 0) is 96.6 Å². The van der Waals surface area contributed by atoms with E-state index in [-0.39, 0.29) is 31.3 Å². The Morgan fingerprint density at radius 2 is 1.81 bits per heavy atom. The predicted molar refractivity (Wildman–Crippen MR) is 171 cm³/mol. The summed E-state index contributed by atoms with van der Waals surface area (Å²) in [6.45, 7) is 5.37. The lowest BCUT2D eigenvalue weighted by atomic mass is 10.0. The van der Waals surface area contributed by atoms with E-state index >= 15 is 0 Å². The molecular formula is C30H28F6IN5O4S. The van der Waals surface area contributed by atoms with Crippen LogP contribution in [0.1, 0.15) is 43.0 Å². The van der Waals surface area contributed by atoms with Gasteiger partial charge < -0.3 is 14.7 Å². The first-order chi connectivity index (χ1) is 21.8. The van der Waals surface area contributed by atoms with Crippen LogP contribution in [-0.4, -0.2) is 79.7 Å². The van der Waals surface area contributed by atoms with Gasteiger partial charge in [0.15, 0.2) is 5.17 Å². The molecule has 9 nitrogen and oxygen atoms in total. The summed E-state index contributed by atoms with van der Waals surface area (Å²) in [5.41, 5.74) is -2.81. The number of fused-ring (bicyclic) bond motifs is 1. The number of hydrogen-bond acceptors (Lipinski definition) is 7. The average molecular weight is 796 g/mol. The van der Waals surface area contributed by atoms with Gasteiger partial charge >= 0.3 is 18.4 Å². The number of nitrogens with zero attached hydrogens (tertiary/aromatic N) is 5. The fraction of sp³-hybridized carbons (Fsp3) is 0.400. The Hall–Kier alpha value is -3.32. The zero-order valence-corrected chi connectivity index (χ0v) is 28.1. The molecule has 17 heteroatoms. The van der Waals surface area contributed by atoms with Crippen molar-refractivity contribution < 1.29 is 45.8 Å². The molecule has 1 aromatic heterocycles. The van der Waals surface area contributed by atoms with Crippen molar-refractivity contribution in [3.63, 3.8) is 0 Å². The number of amides is 2. The maximum atomic E-state index is 13.7. The summed E-state index contributed by atoms with van der Waals surface area (Å²) >= 11 is 3.05. The molecule has 2 aliphatic rings. The van der Waals surface area contributed by atoms with Crippen LogP contribution >= 0.6 is 34.4 Å². The Bertz CT molecular complexity index is 1780. The quantitative estimate of drug-likeness (QED) is 0.180. The predicted octanol–water partition coefficient (Wildman–Crippen LogP) is 6.61. The molecule has 3 heterocycles. The summed E-state index contributed by atoms with van der Waals surface area (Å²) in [5, 5.41) is 15.3. The SMILES string of the molecule is CC(C)(C)OC(=O)N1CCN(C2=NC(=O)/C(=C/c3ccc4c(c3)c(I)nn4Cc3ccc(C(F)(F)F)cc3C(F)(F)F)S2)C[C@@H]1CO. The summed E-state index contributed by atoms with van der Waals surface area (Å²) in [7, 11) is 0. The topological polar surface area (TPSA) is 100 Å². The van der Waals surface area contributed by atoms with Gasteiger partial charge in [0.25, 0.3) is 5.91 Å². The van der Waals surface area contributed by atoms with Gasteiger partial charge in [-0.3, -0.25) is 14.4 Å². The summed E-state index contributed by atoms with van der Waals surface area (Å²) < 4.78 is 87.7. The number of aliphatic hydroxyl groups is 1. The third kappa shape index (κ3) is 7.88. The van der Waals surface area contributed by atoms with Crippen molar-refractivity contribution in [1.29, 1.82) is 0 Å². The number of piperazine rings is 1. The van der Waals surface area contributed by atoms with Gasteiger partial charge in [0.1, 0.15) is 9.30 Å². The number of aromatic nitrogens is 2. The molecule has 0 aliphatic carbocycles. The Labute approximate surface area is 282 Å². The van der Waals surface area contributed by atoms with Gasteiger partial charge in [-0.25, -0.2) is 4.79 Å². The van der Waals surface area contributed by atoms with Crippen molar-refractivity contribution in [2.45, 2.75) is 51.3 Å². The maximum Gasteiger partial charge on any atom is 0.416 e. The van der Waals surface area contributed by atoms with Gasteiger partial charge in [0, 0.05) is 25.0 Å². The van der Waals surface area contributed by atoms with Crippen LogP contribution in [0.15, 0.2) is 46.3 Å². The van der Waals surface area contributed by atoms with Gasteiger partial charge in [0.05, 0.1) is 40.7 Å². The molecule has 0 radical (unpaired) electrons. The standard InChI is InChI=1S/C30H28F6IN5O4S/c1-28(2,3)46-27(45)41-9-8-40(14-19(41)15-43)26-38-25(44)23(47-26)11-16-4-7-22-20(10-16)24(37)39-42(22)13-17-5-6-18(29(31,32)33)12-21(17)30(34,35)36/h4-7,10-12,19,43H,8-9,13-15H2,1-3H3/b23-11-/t19-/m1/s1. The zero-order chi connectivity index (χ0) is 34.5. The molecule has 0 unspecified atom stereocenters. The van der Waals surface area contributed by atoms with Crippen molar-refractivity contribution in [2.24, 2.45) is 4.99 Å². The highest BCUT2D eigenvalue weighted by Gasteiger charge is 2.39. The molecule has 252 valence electrons. The number of amidine groups is 1. The molecule has 0 bridgehead atoms. The fourth-order valence-electron chi connectivity index (χ4n) is 5.11. The maximum absolute atomic E-state index is 13.7. The molecule has 1 N–H and O–H groups in total. The molecule has 3 aromatic rings. The molecule has 1 saturated heterocycles. The van der Waals surface area contributed by atoms with Crippen molar-refractivity contribution in [1.82, 2.24) is 19.6 Å². The number of benzene rings is 2. The second kappa shape index (κ2) is 12.9. The van der Waals surface area contributed by atoms with Crippen molar-refractivity contribution in [3.05, 3.63) is 67.3 Å². The van der Waals surface area contributed by atoms with E-state index in [0.29, 0.717) is 42.9 Å². The number of alkyl halides is 6. The number of aliphatic imine (C=N–C) groups is 1. The van der Waals surface area contributed by atoms with E-state index in [1.54, 1.807) is 45.0 Å². The van der Waals surface area contributed by atoms with Gasteiger partial charge in [-0.2, -0.15) is 36.4 Å². The molecule has 2 aromatic carbocycles. The fourth-order valence-corrected chi connectivity index (χ4v) is 6.76. The number of rotatable bonds is 4. The molecular weight excluding hydrogens is 767 g/mol. The van der Waals surface area contributed by atoms with Crippen molar-refractivity contribution >= 4 is 68.5 Å². The smallest absolute Gasteiger partial charge is 0.416 e. The summed E-state index contributed by atoms with van der Waals surface area (Å²) in [6, 6.07) is 5.93. The van der Waals surface area contributed by atoms with E-state index in [9.17, 15) is 41.0 Å². The average Bonchev–Trinajstić information content (AvgIpc) is 3.49. The van der Waals surface area contributed by atoms with Gasteiger partial charge in [-0.15, -0.1) is 0 Å². The lowest BCUT2D eigenvalue weighted by molar-refractivity contribution is -0.143. The lowest BCUT2D eigenvalue weighted by Crippen LogP contribution is -2.58. The van der Waals surface area contributed by atoms with Gasteiger partial charge in [-0.1, -0.05) is 12.1 Å². The Kier molecular flexibility index (Phi) is 9.64. The largest absolute Gasteiger partial charge is 0.444 e. The number of ether oxygens (including phenoxy) is 1. The Morgan fingerprint density at radius 1 is 1.09 bits per heavy atom. The number of carbonyl (C=O) groups excluding carboxylic acids is 2. The molecule has 5 rings (SSSR count). The second-order valence-electron chi connectivity index (χ2n) is 11.9. The minimum absolute atomic E-state index is 0.105. The minimum Gasteiger partial charge on any atom is -0.444 e. The first-order valence-electron chi connectivity index (χ1n) is 14.2. The van der Waals surface area contributed by atoms with Crippen LogP contribution in [0, 0.1) is 3.70 Å². The summed E-state index contributed by atoms with van der Waals surface area (Å²) in [5.74, 6) is -0.479. The number of carbonyl (C=O) groups is 2. The van der Waals surface area contributed by atoms with Crippen LogP contribution in [0.5, 0.6) is 0 Å². The van der Waals surface area contributed by atoms with Crippen LogP contribution in [-0.2, 0) is 28.4 Å². The number of aliphatic hydroxyl groups excluding tert-OH is 1. The van der Waals surface area contributed by atoms with E-state index in [0.717, 1.165) is 17.8 Å². The minimum atomic E-state index is -5.01. The van der Waals surface area contributed by atoms with E-state index in [4.69, 9.17) is 4.74 Å². The first kappa shape index (κ1) is 35.0. The van der Waals surface area contributed by atoms with Crippen molar-refractivity contribution in [3.8, 4) is 0 Å². The number of thioether (sulfide) groups is 1. The zero-order valence-electron chi connectivity index (χ0n) is 25.1. The third-order valence-electron chi connectivity index (χ3n) is 7.29. The normalized spacial score (nSPS) is 18.8.